The second kappa shape index (κ2) is 20.6. The Balaban J connectivity index is 0.000000397. The van der Waals surface area contributed by atoms with Gasteiger partial charge in [-0.05, 0) is 116 Å². The van der Waals surface area contributed by atoms with Crippen molar-refractivity contribution in [1.29, 1.82) is 0 Å². The van der Waals surface area contributed by atoms with E-state index < -0.39 is 5.82 Å². The number of pyridine rings is 1. The molecule has 6 aromatic rings. The number of nitrogens with one attached hydrogen (secondary N) is 1. The number of nitrogens with zero attached hydrogens (tertiary/aromatic N) is 8. The minimum Gasteiger partial charge on any atom is -0.508 e. The van der Waals surface area contributed by atoms with Crippen molar-refractivity contribution in [3.63, 3.8) is 0 Å². The van der Waals surface area contributed by atoms with E-state index in [0.29, 0.717) is 63.6 Å². The van der Waals surface area contributed by atoms with Gasteiger partial charge in [0.15, 0.2) is 12.1 Å². The van der Waals surface area contributed by atoms with Crippen LogP contribution in [0.5, 0.6) is 23.3 Å². The van der Waals surface area contributed by atoms with Gasteiger partial charge in [-0.2, -0.15) is 9.97 Å². The lowest BCUT2D eigenvalue weighted by atomic mass is 9.95. The Morgan fingerprint density at radius 1 is 0.878 bits per heavy atom. The Bertz CT molecular complexity index is 3110. The van der Waals surface area contributed by atoms with E-state index in [9.17, 15) is 20.1 Å². The lowest BCUT2D eigenvalue weighted by Crippen LogP contribution is -2.51. The molecule has 2 aromatic heterocycles. The number of phenolic OH excluding ortho intramolecular Hbond substituents is 3. The maximum absolute atomic E-state index is 17.1. The van der Waals surface area contributed by atoms with E-state index in [-0.39, 0.29) is 51.4 Å². The number of fused-ring (bicyclic) bond motifs is 5. The predicted octanol–water partition coefficient (Wildman–Crippen LogP) is 8.28. The topological polar surface area (TPSA) is 154 Å². The summed E-state index contributed by atoms with van der Waals surface area (Å²) in [7, 11) is 2.20. The van der Waals surface area contributed by atoms with Crippen LogP contribution in [-0.2, 0) is 13.1 Å². The number of halogens is 1. The third kappa shape index (κ3) is 10.3. The molecule has 386 valence electrons. The van der Waals surface area contributed by atoms with E-state index in [4.69, 9.17) is 21.1 Å². The number of piperazine rings is 2. The van der Waals surface area contributed by atoms with Crippen LogP contribution in [0.15, 0.2) is 66.9 Å². The highest BCUT2D eigenvalue weighted by Gasteiger charge is 2.46. The molecule has 2 bridgehead atoms. The van der Waals surface area contributed by atoms with Crippen molar-refractivity contribution in [3.05, 3.63) is 100 Å². The number of aromatic nitrogens is 3. The Morgan fingerprint density at radius 2 is 1.62 bits per heavy atom. The summed E-state index contributed by atoms with van der Waals surface area (Å²) in [4.78, 5) is 37.5. The van der Waals surface area contributed by atoms with Gasteiger partial charge in [-0.25, -0.2) is 4.39 Å². The number of aromatic hydroxyl groups is 3. The summed E-state index contributed by atoms with van der Waals surface area (Å²) >= 11 is 0. The number of carbonyl (C=O) groups excluding carboxylic acids is 1. The Labute approximate surface area is 433 Å². The van der Waals surface area contributed by atoms with E-state index >= 15 is 4.39 Å². The van der Waals surface area contributed by atoms with Crippen molar-refractivity contribution < 1.29 is 29.2 Å². The average Bonchev–Trinajstić information content (AvgIpc) is 3.93. The number of phenols is 3. The van der Waals surface area contributed by atoms with Crippen molar-refractivity contribution in [2.75, 3.05) is 88.9 Å². The summed E-state index contributed by atoms with van der Waals surface area (Å²) in [6.45, 7) is 16.8. The highest BCUT2D eigenvalue weighted by molar-refractivity contribution is 6.03. The van der Waals surface area contributed by atoms with Crippen LogP contribution in [0.1, 0.15) is 90.9 Å². The smallest absolute Gasteiger partial charge is 0.319 e. The molecule has 0 amide bonds. The molecular weight excluding hydrogens is 934 g/mol. The van der Waals surface area contributed by atoms with Gasteiger partial charge in [-0.15, -0.1) is 6.42 Å². The zero-order valence-electron chi connectivity index (χ0n) is 42.9. The van der Waals surface area contributed by atoms with Gasteiger partial charge in [0, 0.05) is 130 Å². The van der Waals surface area contributed by atoms with Gasteiger partial charge in [0.2, 0.25) is 0 Å². The number of anilines is 2. The molecule has 5 aliphatic heterocycles. The Hall–Kier alpha value is -6.57. The van der Waals surface area contributed by atoms with Crippen molar-refractivity contribution in [3.8, 4) is 46.9 Å². The Kier molecular flexibility index (Phi) is 13.8. The number of hydrogen-bond donors (Lipinski definition) is 4. The molecule has 12 rings (SSSR count). The van der Waals surface area contributed by atoms with E-state index in [1.807, 2.05) is 32.0 Å². The molecule has 74 heavy (non-hydrogen) atoms. The lowest BCUT2D eigenvalue weighted by Gasteiger charge is -2.40. The summed E-state index contributed by atoms with van der Waals surface area (Å²) in [6.07, 6.45) is 15.1. The standard InChI is InChI=1S/C49H56FN9O2.C10H12O3/c1-3-33-5-4-6-34-22-40(60)23-41(43(33)34)45-44(50)46-42(24-51-45)47(59-28-37-8-9-38(29-59)52-37)54-48(53-46)61-31-49(13-14-49)30-57-19-17-56(18-20-57)25-32-11-15-58(16-12-32)39-10-7-35-26-55(2)27-36(35)21-39;1-6(2)8-3-7(5-11)9(12)4-10(8)13/h1,4-7,10,21-24,32,37-38,52,60H,8-9,11-20,25-31H2,2H3;3-6,12-13H,1-2H3. The number of ether oxygens (including phenoxy) is 1. The van der Waals surface area contributed by atoms with Gasteiger partial charge in [-0.1, -0.05) is 38.0 Å². The molecule has 0 radical (unpaired) electrons. The number of aldehydes is 1. The van der Waals surface area contributed by atoms with Gasteiger partial charge >= 0.3 is 6.01 Å². The van der Waals surface area contributed by atoms with Crippen LogP contribution in [0.3, 0.4) is 0 Å². The molecule has 7 heterocycles. The number of hydrogen-bond acceptors (Lipinski definition) is 14. The predicted molar refractivity (Wildman–Crippen MR) is 288 cm³/mol. The van der Waals surface area contributed by atoms with E-state index in [1.54, 1.807) is 12.3 Å². The molecule has 0 spiro atoms. The SMILES string of the molecule is C#Cc1cccc2cc(O)cc(-c3ncc4c(N5CC6CCC(C5)N6)nc(OCC5(CN6CCN(CC7CCN(c8ccc9c(c8)CN(C)C9)CC7)CC6)CC5)nc4c3F)c12.CC(C)c1cc(C=O)c(O)cc1O. The molecule has 4 N–H and O–H groups in total. The monoisotopic (exact) mass is 1000 g/mol. The van der Waals surface area contributed by atoms with Crippen LogP contribution < -0.4 is 19.9 Å². The van der Waals surface area contributed by atoms with Crippen molar-refractivity contribution in [2.45, 2.75) is 83.5 Å². The third-order valence-corrected chi connectivity index (χ3v) is 16.5. The van der Waals surface area contributed by atoms with Crippen LogP contribution in [0, 0.1) is 29.5 Å². The summed E-state index contributed by atoms with van der Waals surface area (Å²) in [6, 6.07) is 19.4. The van der Waals surface area contributed by atoms with Crippen molar-refractivity contribution in [2.24, 2.45) is 11.3 Å². The minimum atomic E-state index is -0.584. The number of benzene rings is 4. The summed E-state index contributed by atoms with van der Waals surface area (Å²) in [5, 5.41) is 34.9. The average molecular weight is 1000 g/mol. The molecule has 2 unspecified atom stereocenters. The molecule has 6 aliphatic rings. The third-order valence-electron chi connectivity index (χ3n) is 16.5. The van der Waals surface area contributed by atoms with Gasteiger partial charge in [-0.3, -0.25) is 14.7 Å². The quantitative estimate of drug-likeness (QED) is 0.0687. The molecular formula is C59H68FN9O5. The summed E-state index contributed by atoms with van der Waals surface area (Å²) in [5.74, 6) is 3.53. The van der Waals surface area contributed by atoms with Crippen LogP contribution in [0.2, 0.25) is 0 Å². The lowest BCUT2D eigenvalue weighted by molar-refractivity contribution is 0.0843. The maximum atomic E-state index is 17.1. The highest BCUT2D eigenvalue weighted by atomic mass is 19.1. The molecule has 15 heteroatoms. The van der Waals surface area contributed by atoms with Crippen LogP contribution >= 0.6 is 0 Å². The normalized spacial score (nSPS) is 20.9. The fourth-order valence-electron chi connectivity index (χ4n) is 12.2. The second-order valence-electron chi connectivity index (χ2n) is 22.3. The first-order valence-corrected chi connectivity index (χ1v) is 26.6. The molecule has 2 atom stereocenters. The fraction of sp³-hybridized carbons (Fsp3) is 0.458. The summed E-state index contributed by atoms with van der Waals surface area (Å²) in [5.41, 5.74) is 6.57. The minimum absolute atomic E-state index is 0.00773. The maximum Gasteiger partial charge on any atom is 0.319 e. The number of terminal acetylenes is 1. The molecule has 14 nitrogen and oxygen atoms in total. The number of carbonyl (C=O) groups is 1. The second-order valence-corrected chi connectivity index (χ2v) is 22.3. The van der Waals surface area contributed by atoms with Crippen LogP contribution in [0.4, 0.5) is 15.9 Å². The van der Waals surface area contributed by atoms with Gasteiger partial charge < -0.3 is 45.0 Å². The van der Waals surface area contributed by atoms with E-state index in [1.165, 1.54) is 54.4 Å². The largest absolute Gasteiger partial charge is 0.508 e. The number of piperidine rings is 1. The fourth-order valence-corrected chi connectivity index (χ4v) is 12.2. The van der Waals surface area contributed by atoms with Gasteiger partial charge in [0.1, 0.15) is 34.3 Å². The molecule has 4 saturated heterocycles. The van der Waals surface area contributed by atoms with Crippen LogP contribution in [-0.4, -0.2) is 142 Å². The highest BCUT2D eigenvalue weighted by Crippen LogP contribution is 2.47. The molecule has 1 saturated carbocycles. The number of rotatable bonds is 12. The Morgan fingerprint density at radius 3 is 2.34 bits per heavy atom. The van der Waals surface area contributed by atoms with Crippen molar-refractivity contribution >= 4 is 39.5 Å². The molecule has 1 aliphatic carbocycles. The first-order valence-electron chi connectivity index (χ1n) is 26.6. The molecule has 5 fully saturated rings. The first kappa shape index (κ1) is 49.6. The molecule has 4 aromatic carbocycles. The van der Waals surface area contributed by atoms with Crippen LogP contribution in [0.25, 0.3) is 32.9 Å². The zero-order chi connectivity index (χ0) is 51.3. The van der Waals surface area contributed by atoms with E-state index in [2.05, 4.69) is 66.0 Å². The van der Waals surface area contributed by atoms with Gasteiger partial charge in [0.05, 0.1) is 17.6 Å². The zero-order valence-corrected chi connectivity index (χ0v) is 42.9. The van der Waals surface area contributed by atoms with Crippen molar-refractivity contribution in [1.82, 2.24) is 35.0 Å². The summed E-state index contributed by atoms with van der Waals surface area (Å²) < 4.78 is 23.6. The van der Waals surface area contributed by atoms with E-state index in [0.717, 1.165) is 104 Å². The first-order chi connectivity index (χ1) is 35.8. The van der Waals surface area contributed by atoms with Gasteiger partial charge in [0.25, 0.3) is 0 Å².